The Balaban J connectivity index is 0.000000322. The molecule has 80 heavy (non-hydrogen) atoms. The van der Waals surface area contributed by atoms with Crippen molar-refractivity contribution in [3.8, 4) is 12.3 Å². The van der Waals surface area contributed by atoms with Gasteiger partial charge in [0.1, 0.15) is 17.2 Å². The van der Waals surface area contributed by atoms with Gasteiger partial charge >= 0.3 is 36.9 Å². The van der Waals surface area contributed by atoms with E-state index < -0.39 is 23.6 Å². The van der Waals surface area contributed by atoms with Crippen LogP contribution in [0, 0.1) is 83.4 Å². The van der Waals surface area contributed by atoms with Crippen molar-refractivity contribution in [2.45, 2.75) is 103 Å². The Labute approximate surface area is 510 Å². The number of nitrogens with one attached hydrogen (secondary N) is 2. The van der Waals surface area contributed by atoms with Crippen molar-refractivity contribution in [2.75, 3.05) is 78.5 Å². The predicted octanol–water partition coefficient (Wildman–Crippen LogP) is 2.70. The van der Waals surface area contributed by atoms with Crippen molar-refractivity contribution < 1.29 is 68.8 Å². The number of allylic oxidation sites excluding steroid dienone is 6. The Morgan fingerprint density at radius 3 is 1.32 bits per heavy atom. The van der Waals surface area contributed by atoms with E-state index in [1.807, 2.05) is 37.6 Å². The number of carbonyl (C=O) groups is 7. The molecule has 0 aromatic heterocycles. The number of hydrogen-bond acceptors (Lipinski definition) is 13. The molecule has 0 aromatic rings. The smallest absolute Gasteiger partial charge is 1.00 e. The topological polar surface area (TPSA) is 209 Å². The molecule has 16 unspecified atom stereocenters. The maximum absolute atomic E-state index is 11.5. The molecule has 11 rings (SSSR count). The molecular weight excluding hydrogens is 1100 g/mol. The molecule has 5 aliphatic carbocycles. The number of carboxylic acids is 2. The fraction of sp³-hybridized carbons (Fsp3) is 0.702. The number of ketones is 2. The fourth-order valence-electron chi connectivity index (χ4n) is 12.5. The Morgan fingerprint density at radius 2 is 0.988 bits per heavy atom. The maximum Gasteiger partial charge on any atom is 1.00 e. The minimum Gasteiger partial charge on any atom is -1.00 e. The van der Waals surface area contributed by atoms with Crippen LogP contribution in [0.2, 0.25) is 0 Å². The molecule has 8 fully saturated rings. The number of carbonyl (C=O) groups excluding carboxylic acids is 5. The molecule has 0 bridgehead atoms. The second kappa shape index (κ2) is 36.0. The van der Waals surface area contributed by atoms with Gasteiger partial charge in [-0.15, -0.1) is 13.0 Å². The van der Waals surface area contributed by atoms with Crippen LogP contribution in [0.5, 0.6) is 0 Å². The number of nitrogens with zero attached hydrogens (tertiary/aromatic N) is 5. The Morgan fingerprint density at radius 1 is 0.650 bits per heavy atom. The average Bonchev–Trinajstić information content (AvgIpc) is 4.26. The van der Waals surface area contributed by atoms with E-state index >= 15 is 0 Å². The van der Waals surface area contributed by atoms with Crippen LogP contribution in [-0.2, 0) is 33.5 Å². The van der Waals surface area contributed by atoms with Crippen molar-refractivity contribution >= 4 is 96.3 Å². The Kier molecular flexibility index (Phi) is 32.4. The summed E-state index contributed by atoms with van der Waals surface area (Å²) in [6.07, 6.45) is 29.8. The van der Waals surface area contributed by atoms with E-state index in [2.05, 4.69) is 99.0 Å². The first-order chi connectivity index (χ1) is 37.0. The molecule has 442 valence electrons. The molecule has 17 nitrogen and oxygen atoms in total. The first-order valence-electron chi connectivity index (χ1n) is 28.0. The zero-order valence-corrected chi connectivity index (χ0v) is 52.0. The Bertz CT molecular complexity index is 2070. The number of hydrogen-bond donors (Lipinski definition) is 4. The number of aliphatic carboxylic acids is 2. The van der Waals surface area contributed by atoms with Crippen LogP contribution < -0.4 is 29.5 Å². The van der Waals surface area contributed by atoms with Gasteiger partial charge in [-0.2, -0.15) is 0 Å². The van der Waals surface area contributed by atoms with E-state index in [1.54, 1.807) is 6.08 Å². The second-order valence-corrected chi connectivity index (χ2v) is 26.8. The van der Waals surface area contributed by atoms with Crippen LogP contribution in [0.1, 0.15) is 99.2 Å². The third kappa shape index (κ3) is 24.5. The minimum atomic E-state index is -0.856. The van der Waals surface area contributed by atoms with Crippen molar-refractivity contribution in [1.82, 2.24) is 34.2 Å². The molecule has 4 N–H and O–H groups in total. The molecule has 6 aliphatic heterocycles. The summed E-state index contributed by atoms with van der Waals surface area (Å²) in [5.41, 5.74) is -0.495. The van der Waals surface area contributed by atoms with Gasteiger partial charge in [0.2, 0.25) is 11.8 Å². The molecule has 2 saturated carbocycles. The van der Waals surface area contributed by atoms with E-state index in [0.29, 0.717) is 54.9 Å². The van der Waals surface area contributed by atoms with Gasteiger partial charge in [-0.1, -0.05) is 86.0 Å². The molecular formula is C57H95AlLiN7O10P4. The summed E-state index contributed by atoms with van der Waals surface area (Å²) in [5, 5.41) is 23.0. The SMILES string of the molecule is C#CCN(CC=C)C(=O)OC(C)(C)C.C1=CCC2CNCC2C1.O=C(O)CC1CN(P)CC1CC(=O)O.O=C1CC2CN(P)CC2C1.O=C1CC2CN(P)CC2C1.O=C1NC(=O)C2CC=CCC12.PN1CC2CC=CCC2C1.[AlH3].[H-].[Li+]. The maximum atomic E-state index is 11.5. The molecule has 11 aliphatic rings. The van der Waals surface area contributed by atoms with Crippen LogP contribution in [0.25, 0.3) is 0 Å². The monoisotopic (exact) mass is 1200 g/mol. The number of amides is 3. The third-order valence-electron chi connectivity index (χ3n) is 16.5. The summed E-state index contributed by atoms with van der Waals surface area (Å²) in [7, 11) is 10.7. The van der Waals surface area contributed by atoms with E-state index in [1.165, 1.54) is 56.8 Å². The van der Waals surface area contributed by atoms with Crippen molar-refractivity contribution in [1.29, 1.82) is 0 Å². The first-order valence-corrected chi connectivity index (χ1v) is 30.1. The summed E-state index contributed by atoms with van der Waals surface area (Å²) in [6, 6.07) is 0. The van der Waals surface area contributed by atoms with Crippen molar-refractivity contribution in [3.05, 3.63) is 49.1 Å². The molecule has 0 radical (unpaired) electrons. The van der Waals surface area contributed by atoms with Gasteiger partial charge in [-0.3, -0.25) is 57.7 Å². The quantitative estimate of drug-likeness (QED) is 0.0951. The van der Waals surface area contributed by atoms with Gasteiger partial charge in [0, 0.05) is 97.4 Å². The van der Waals surface area contributed by atoms with Gasteiger partial charge in [-0.25, -0.2) is 4.79 Å². The summed E-state index contributed by atoms with van der Waals surface area (Å²) in [5.74, 6) is 7.82. The van der Waals surface area contributed by atoms with E-state index in [0.717, 1.165) is 88.4 Å². The number of Topliss-reactive ketones (excluding diaryl/α,β-unsaturated/α-hetero) is 2. The van der Waals surface area contributed by atoms with Gasteiger partial charge < -0.3 is 21.7 Å². The minimum absolute atomic E-state index is 0. The first kappa shape index (κ1) is 72.1. The largest absolute Gasteiger partial charge is 1.00 e. The molecule has 6 heterocycles. The number of ether oxygens (including phenoxy) is 1. The van der Waals surface area contributed by atoms with Crippen LogP contribution in [0.4, 0.5) is 4.79 Å². The Hall–Kier alpha value is -2.14. The van der Waals surface area contributed by atoms with Gasteiger partial charge in [0.25, 0.3) is 0 Å². The summed E-state index contributed by atoms with van der Waals surface area (Å²) >= 11 is 0. The van der Waals surface area contributed by atoms with Crippen LogP contribution in [0.15, 0.2) is 49.1 Å². The fourth-order valence-corrected chi connectivity index (χ4v) is 14.7. The third-order valence-corrected chi connectivity index (χ3v) is 18.1. The van der Waals surface area contributed by atoms with Crippen LogP contribution >= 0.6 is 37.6 Å². The van der Waals surface area contributed by atoms with Gasteiger partial charge in [0.05, 0.1) is 18.4 Å². The molecule has 6 saturated heterocycles. The zero-order valence-electron chi connectivity index (χ0n) is 48.4. The van der Waals surface area contributed by atoms with Crippen LogP contribution in [-0.4, -0.2) is 177 Å². The van der Waals surface area contributed by atoms with Gasteiger partial charge in [0.15, 0.2) is 17.4 Å². The second-order valence-electron chi connectivity index (χ2n) is 23.9. The molecule has 0 aromatic carbocycles. The van der Waals surface area contributed by atoms with Crippen molar-refractivity contribution in [3.63, 3.8) is 0 Å². The zero-order chi connectivity index (χ0) is 57.1. The predicted molar refractivity (Wildman–Crippen MR) is 329 cm³/mol. The molecule has 16 atom stereocenters. The number of terminal acetylenes is 1. The van der Waals surface area contributed by atoms with Crippen LogP contribution in [0.3, 0.4) is 0 Å². The summed E-state index contributed by atoms with van der Waals surface area (Å²) in [4.78, 5) is 77.9. The molecule has 3 amide bonds. The van der Waals surface area contributed by atoms with E-state index in [-0.39, 0.29) is 92.5 Å². The normalized spacial score (nSPS) is 31.3. The van der Waals surface area contributed by atoms with E-state index in [9.17, 15) is 33.6 Å². The summed E-state index contributed by atoms with van der Waals surface area (Å²) < 4.78 is 13.9. The number of rotatable bonds is 7. The standard InChI is InChI=1S/C11H17NO2.C8H14NO4P.C8H9NO2.C8H14NP.C8H13N.2C7H12NOP.Al.Li.4H/c1-6-8-12(9-7-2)10(13)14-11(3,4)5;10-7(11)1-5-3-9(14)4-6(5)2-8(12)13;10-7-5-3-1-2-4-6(5)8(11)9-7;10-9-5-7-3-1-2-4-8(7)6-9;1-2-4-8-6-9-5-7(8)3-1;2*9-7-1-5-3-8(10)4-6(5)2-7;;;;;;/h1,7H,2,8-9H2,3-5H3;5-6H,1-4,14H2,(H,10,11)(H,12,13);1-2,5-6H,3-4H2,(H,9,10,11);1-2,7-8H,3-6,10H2;1-2,7-9H,3-6H2;2*5-6H,1-4,10H2;;;;;;/q;;;;;;;;+1;;;;-1. The summed E-state index contributed by atoms with van der Waals surface area (Å²) in [6.45, 7) is 20.5. The number of carboxylic acid groups (broad SMARTS) is 2. The number of imide groups is 1. The van der Waals surface area contributed by atoms with Crippen molar-refractivity contribution in [2.24, 2.45) is 71.0 Å². The molecule has 0 spiro atoms. The van der Waals surface area contributed by atoms with E-state index in [4.69, 9.17) is 21.4 Å². The molecule has 23 heteroatoms. The van der Waals surface area contributed by atoms with Gasteiger partial charge in [-0.05, 0) is 132 Å². The number of fused-ring (bicyclic) bond motifs is 5. The average molecular weight is 1200 g/mol.